The Bertz CT molecular complexity index is 2570. The van der Waals surface area contributed by atoms with Crippen molar-refractivity contribution in [1.82, 2.24) is 29.3 Å². The number of piperidine rings is 2. The molecule has 6 heterocycles. The number of anilines is 3. The number of amides is 2. The highest BCUT2D eigenvalue weighted by atomic mass is 35.5. The monoisotopic (exact) mass is 897 g/mol. The van der Waals surface area contributed by atoms with E-state index in [-0.39, 0.29) is 53.5 Å². The molecule has 63 heavy (non-hydrogen) atoms. The number of halogens is 3. The Kier molecular flexibility index (Phi) is 12.2. The number of rotatable bonds is 11. The first-order valence-electron chi connectivity index (χ1n) is 21.6. The van der Waals surface area contributed by atoms with Crippen LogP contribution < -0.4 is 19.8 Å². The molecule has 3 aromatic carbocycles. The molecule has 2 N–H and O–H groups in total. The first-order valence-corrected chi connectivity index (χ1v) is 23.4. The van der Waals surface area contributed by atoms with Gasteiger partial charge in [0.1, 0.15) is 11.9 Å². The predicted molar refractivity (Wildman–Crippen MR) is 241 cm³/mol. The van der Waals surface area contributed by atoms with Gasteiger partial charge in [0.15, 0.2) is 5.82 Å². The average Bonchev–Trinajstić information content (AvgIpc) is 3.94. The number of nitrogens with one attached hydrogen (secondary N) is 2. The Hall–Kier alpha value is -5.42. The molecule has 4 aliphatic rings. The van der Waals surface area contributed by atoms with E-state index in [9.17, 15) is 22.4 Å². The number of nitrogens with zero attached hydrogens (tertiary/aromatic N) is 7. The smallest absolute Gasteiger partial charge is 0.301 e. The van der Waals surface area contributed by atoms with Crippen LogP contribution in [0.2, 0.25) is 5.02 Å². The number of piperazine rings is 1. The number of hydrogen-bond donors (Lipinski definition) is 2. The summed E-state index contributed by atoms with van der Waals surface area (Å²) < 4.78 is 61.4. The molecule has 3 atom stereocenters. The fraction of sp³-hybridized carbons (Fsp3) is 0.391. The van der Waals surface area contributed by atoms with Crippen LogP contribution in [0.3, 0.4) is 0 Å². The third kappa shape index (κ3) is 9.31. The average molecular weight is 898 g/mol. The van der Waals surface area contributed by atoms with E-state index < -0.39 is 22.2 Å². The summed E-state index contributed by atoms with van der Waals surface area (Å²) >= 11 is 6.48. The molecule has 0 bridgehead atoms. The summed E-state index contributed by atoms with van der Waals surface area (Å²) in [5.74, 6) is -0.890. The molecular weight excluding hydrogens is 848 g/mol. The molecule has 0 radical (unpaired) electrons. The van der Waals surface area contributed by atoms with E-state index in [0.29, 0.717) is 41.6 Å². The van der Waals surface area contributed by atoms with Gasteiger partial charge in [-0.3, -0.25) is 29.5 Å². The lowest BCUT2D eigenvalue weighted by molar-refractivity contribution is -0.134. The molecule has 330 valence electrons. The minimum atomic E-state index is -4.23. The van der Waals surface area contributed by atoms with Crippen LogP contribution in [0, 0.1) is 11.7 Å². The Balaban J connectivity index is 0.839. The summed E-state index contributed by atoms with van der Waals surface area (Å²) in [7, 11) is -4.23. The molecule has 4 aliphatic heterocycles. The van der Waals surface area contributed by atoms with Gasteiger partial charge in [-0.05, 0) is 105 Å². The molecule has 2 aromatic heterocycles. The molecule has 4 fully saturated rings. The van der Waals surface area contributed by atoms with Gasteiger partial charge in [-0.15, -0.1) is 0 Å². The molecule has 2 amide bonds. The first kappa shape index (κ1) is 42.9. The number of imide groups is 1. The summed E-state index contributed by atoms with van der Waals surface area (Å²) in [6.07, 6.45) is 6.91. The number of hydrogen-bond acceptors (Lipinski definition) is 9. The van der Waals surface area contributed by atoms with Crippen LogP contribution >= 0.6 is 11.6 Å². The summed E-state index contributed by atoms with van der Waals surface area (Å²) in [6.45, 7) is 7.78. The number of benzene rings is 3. The Morgan fingerprint density at radius 2 is 1.52 bits per heavy atom. The van der Waals surface area contributed by atoms with E-state index in [2.05, 4.69) is 60.9 Å². The summed E-state index contributed by atoms with van der Waals surface area (Å²) in [5.41, 5.74) is 5.21. The van der Waals surface area contributed by atoms with Gasteiger partial charge in [0.05, 0.1) is 17.3 Å². The van der Waals surface area contributed by atoms with E-state index in [1.54, 1.807) is 35.4 Å². The van der Waals surface area contributed by atoms with Gasteiger partial charge in [0.2, 0.25) is 11.8 Å². The van der Waals surface area contributed by atoms with Crippen molar-refractivity contribution in [2.75, 3.05) is 66.9 Å². The lowest BCUT2D eigenvalue weighted by Gasteiger charge is -2.43. The molecule has 0 spiro atoms. The summed E-state index contributed by atoms with van der Waals surface area (Å²) in [6, 6.07) is 22.9. The van der Waals surface area contributed by atoms with Gasteiger partial charge < -0.3 is 9.80 Å². The van der Waals surface area contributed by atoms with Crippen molar-refractivity contribution in [2.45, 2.75) is 57.2 Å². The number of carbonyl (C=O) groups is 2. The third-order valence-electron chi connectivity index (χ3n) is 12.9. The number of alkyl halides is 1. The van der Waals surface area contributed by atoms with Crippen molar-refractivity contribution < 1.29 is 26.8 Å². The highest BCUT2D eigenvalue weighted by Crippen LogP contribution is 2.39. The maximum Gasteiger partial charge on any atom is 0.301 e. The second kappa shape index (κ2) is 18.0. The van der Waals surface area contributed by atoms with Crippen LogP contribution in [0.4, 0.5) is 25.8 Å². The lowest BCUT2D eigenvalue weighted by atomic mass is 9.90. The van der Waals surface area contributed by atoms with E-state index in [1.807, 2.05) is 24.3 Å². The molecule has 5 aromatic rings. The Morgan fingerprint density at radius 3 is 2.21 bits per heavy atom. The number of aromatic nitrogens is 3. The molecule has 4 saturated heterocycles. The van der Waals surface area contributed by atoms with Gasteiger partial charge in [0, 0.05) is 116 Å². The van der Waals surface area contributed by atoms with Crippen molar-refractivity contribution in [3.63, 3.8) is 0 Å². The normalized spacial score (nSPS) is 21.8. The van der Waals surface area contributed by atoms with Crippen LogP contribution in [0.15, 0.2) is 91.4 Å². The summed E-state index contributed by atoms with van der Waals surface area (Å²) in [5, 5.41) is 7.45. The quantitative estimate of drug-likeness (QED) is 0.134. The fourth-order valence-electron chi connectivity index (χ4n) is 9.35. The molecular formula is C46H50ClF2N9O4S. The topological polar surface area (TPSA) is 136 Å². The number of carbonyl (C=O) groups excluding carboxylic acids is 2. The molecule has 0 saturated carbocycles. The largest absolute Gasteiger partial charge is 0.372 e. The summed E-state index contributed by atoms with van der Waals surface area (Å²) in [4.78, 5) is 35.5. The molecule has 13 nitrogen and oxygen atoms in total. The maximum atomic E-state index is 16.4. The first-order chi connectivity index (χ1) is 30.4. The minimum absolute atomic E-state index is 0.00445. The van der Waals surface area contributed by atoms with Crippen LogP contribution in [0.25, 0.3) is 28.1 Å². The van der Waals surface area contributed by atoms with Gasteiger partial charge in [-0.2, -0.15) is 17.8 Å². The van der Waals surface area contributed by atoms with Crippen LogP contribution in [0.5, 0.6) is 0 Å². The predicted octanol–water partition coefficient (Wildman–Crippen LogP) is 7.04. The van der Waals surface area contributed by atoms with Gasteiger partial charge in [-0.25, -0.2) is 13.5 Å². The molecule has 17 heteroatoms. The van der Waals surface area contributed by atoms with E-state index in [1.165, 1.54) is 17.8 Å². The van der Waals surface area contributed by atoms with Crippen molar-refractivity contribution in [3.05, 3.63) is 108 Å². The Morgan fingerprint density at radius 1 is 0.825 bits per heavy atom. The molecule has 9 rings (SSSR count). The second-order valence-electron chi connectivity index (χ2n) is 17.1. The number of pyridine rings is 1. The van der Waals surface area contributed by atoms with Crippen molar-refractivity contribution >= 4 is 50.7 Å². The SMILES string of the molecule is C[C@@H]1CN(c2ccc(-n3cc(-c4cc(Cl)cc(NS(=O)(=O)N5CC[C@@H](F)C5)c4F)c(-c4ccncc4)n3)cc2)CCN1CC1CCN(c2ccc([C@H]3CCC(=O)NC3=O)cc2)CC1. The highest BCUT2D eigenvalue weighted by molar-refractivity contribution is 7.90. The fourth-order valence-corrected chi connectivity index (χ4v) is 10.8. The Labute approximate surface area is 371 Å². The van der Waals surface area contributed by atoms with Gasteiger partial charge in [-0.1, -0.05) is 23.7 Å². The maximum absolute atomic E-state index is 16.4. The van der Waals surface area contributed by atoms with Gasteiger partial charge >= 0.3 is 10.2 Å². The highest BCUT2D eigenvalue weighted by Gasteiger charge is 2.33. The second-order valence-corrected chi connectivity index (χ2v) is 19.2. The third-order valence-corrected chi connectivity index (χ3v) is 14.6. The van der Waals surface area contributed by atoms with Crippen LogP contribution in [0.1, 0.15) is 50.5 Å². The van der Waals surface area contributed by atoms with E-state index in [4.69, 9.17) is 16.7 Å². The standard InChI is InChI=1S/C46H50ClF2N9O4S/c1-30-26-56(23-22-55(30)27-31-14-19-54(20-15-31)36-4-2-32(3-5-36)39-10-11-43(59)51-46(39)60)37-6-8-38(9-7-37)58-29-41(45(52-58)33-12-17-50-18-13-33)40-24-34(47)25-42(44(40)49)53-63(61,62)57-21-16-35(48)28-57/h2-9,12-13,17-18,24-25,29-31,35,39,53H,10-11,14-16,19-23,26-28H2,1H3,(H,51,59,60)/t30-,35-,39-/m1/s1. The van der Waals surface area contributed by atoms with E-state index >= 15 is 4.39 Å². The van der Waals surface area contributed by atoms with Crippen molar-refractivity contribution in [2.24, 2.45) is 5.92 Å². The van der Waals surface area contributed by atoms with Crippen LogP contribution in [-0.4, -0.2) is 109 Å². The van der Waals surface area contributed by atoms with E-state index in [0.717, 1.165) is 73.4 Å². The zero-order valence-electron chi connectivity index (χ0n) is 35.0. The molecule has 0 unspecified atom stereocenters. The zero-order valence-corrected chi connectivity index (χ0v) is 36.5. The minimum Gasteiger partial charge on any atom is -0.372 e. The van der Waals surface area contributed by atoms with Crippen LogP contribution in [-0.2, 0) is 19.8 Å². The lowest BCUT2D eigenvalue weighted by Crippen LogP contribution is -2.53. The van der Waals surface area contributed by atoms with Gasteiger partial charge in [0.25, 0.3) is 0 Å². The van der Waals surface area contributed by atoms with Crippen molar-refractivity contribution in [1.29, 1.82) is 0 Å². The molecule has 0 aliphatic carbocycles. The van der Waals surface area contributed by atoms with Crippen molar-refractivity contribution in [3.8, 4) is 28.1 Å². The zero-order chi connectivity index (χ0) is 43.8.